The Hall–Kier alpha value is -0.810. The molecule has 1 aliphatic rings. The lowest BCUT2D eigenvalue weighted by Crippen LogP contribution is -2.53. The molecule has 1 saturated heterocycles. The summed E-state index contributed by atoms with van der Waals surface area (Å²) in [5, 5.41) is 2.71. The van der Waals surface area contributed by atoms with Crippen LogP contribution in [0, 0.1) is 0 Å². The van der Waals surface area contributed by atoms with Gasteiger partial charge in [-0.2, -0.15) is 0 Å². The van der Waals surface area contributed by atoms with Gasteiger partial charge in [0.1, 0.15) is 6.17 Å². The smallest absolute Gasteiger partial charge is 0.408 e. The minimum atomic E-state index is -0.384. The molecule has 1 aliphatic heterocycles. The standard InChI is InChI=1S/C8H16N2O3/c1-3-13-8(11)9-7-6-12-5-4-10(7)2/h7H,3-6H2,1-2H3,(H,9,11). The van der Waals surface area contributed by atoms with Crippen molar-refractivity contribution in [3.8, 4) is 0 Å². The van der Waals surface area contributed by atoms with Gasteiger partial charge in [-0.05, 0) is 14.0 Å². The fourth-order valence-corrected chi connectivity index (χ4v) is 1.15. The van der Waals surface area contributed by atoms with Gasteiger partial charge >= 0.3 is 6.09 Å². The van der Waals surface area contributed by atoms with Gasteiger partial charge in [-0.1, -0.05) is 0 Å². The normalized spacial score (nSPS) is 24.0. The summed E-state index contributed by atoms with van der Waals surface area (Å²) in [5.41, 5.74) is 0. The van der Waals surface area contributed by atoms with Gasteiger partial charge in [-0.25, -0.2) is 4.79 Å². The van der Waals surface area contributed by atoms with Crippen molar-refractivity contribution in [2.45, 2.75) is 13.1 Å². The number of alkyl carbamates (subject to hydrolysis) is 1. The second-order valence-electron chi connectivity index (χ2n) is 2.94. The lowest BCUT2D eigenvalue weighted by atomic mass is 10.4. The van der Waals surface area contributed by atoms with Crippen LogP contribution in [0.4, 0.5) is 4.79 Å². The summed E-state index contributed by atoms with van der Waals surface area (Å²) in [4.78, 5) is 13.1. The second kappa shape index (κ2) is 5.04. The average Bonchev–Trinajstić information content (AvgIpc) is 2.09. The molecule has 1 unspecified atom stereocenters. The summed E-state index contributed by atoms with van der Waals surface area (Å²) in [7, 11) is 1.94. The first-order valence-corrected chi connectivity index (χ1v) is 4.45. The molecule has 1 N–H and O–H groups in total. The number of amides is 1. The Morgan fingerprint density at radius 2 is 2.54 bits per heavy atom. The number of rotatable bonds is 2. The Kier molecular flexibility index (Phi) is 3.98. The fourth-order valence-electron chi connectivity index (χ4n) is 1.15. The zero-order valence-electron chi connectivity index (χ0n) is 8.08. The SMILES string of the molecule is CCOC(=O)NC1COCCN1C. The predicted octanol–water partition coefficient (Wildman–Crippen LogP) is 0.0206. The Labute approximate surface area is 78.0 Å². The van der Waals surface area contributed by atoms with E-state index >= 15 is 0 Å². The molecule has 0 aromatic heterocycles. The Morgan fingerprint density at radius 1 is 1.77 bits per heavy atom. The van der Waals surface area contributed by atoms with E-state index in [0.29, 0.717) is 13.2 Å². The maximum absolute atomic E-state index is 11.0. The monoisotopic (exact) mass is 188 g/mol. The molecule has 1 fully saturated rings. The molecule has 5 heteroatoms. The minimum Gasteiger partial charge on any atom is -0.450 e. The zero-order chi connectivity index (χ0) is 9.68. The van der Waals surface area contributed by atoms with Gasteiger partial charge in [0.2, 0.25) is 0 Å². The summed E-state index contributed by atoms with van der Waals surface area (Å²) in [6, 6.07) is 0. The zero-order valence-corrected chi connectivity index (χ0v) is 8.08. The van der Waals surface area contributed by atoms with Crippen molar-refractivity contribution in [3.05, 3.63) is 0 Å². The summed E-state index contributed by atoms with van der Waals surface area (Å²) < 4.78 is 9.98. The van der Waals surface area contributed by atoms with Gasteiger partial charge in [0.25, 0.3) is 0 Å². The van der Waals surface area contributed by atoms with Gasteiger partial charge < -0.3 is 14.8 Å². The van der Waals surface area contributed by atoms with Crippen LogP contribution in [0.25, 0.3) is 0 Å². The molecule has 0 aliphatic carbocycles. The molecule has 1 rings (SSSR count). The third-order valence-corrected chi connectivity index (χ3v) is 1.96. The van der Waals surface area contributed by atoms with Crippen molar-refractivity contribution in [3.63, 3.8) is 0 Å². The predicted molar refractivity (Wildman–Crippen MR) is 47.4 cm³/mol. The molecule has 0 aromatic rings. The van der Waals surface area contributed by atoms with E-state index in [1.165, 1.54) is 0 Å². The highest BCUT2D eigenvalue weighted by atomic mass is 16.5. The number of likely N-dealkylation sites (N-methyl/N-ethyl adjacent to an activating group) is 1. The highest BCUT2D eigenvalue weighted by Gasteiger charge is 2.21. The van der Waals surface area contributed by atoms with Crippen LogP contribution in [0.5, 0.6) is 0 Å². The largest absolute Gasteiger partial charge is 0.450 e. The van der Waals surface area contributed by atoms with E-state index in [-0.39, 0.29) is 12.3 Å². The fraction of sp³-hybridized carbons (Fsp3) is 0.875. The van der Waals surface area contributed by atoms with Crippen LogP contribution >= 0.6 is 0 Å². The third kappa shape index (κ3) is 3.20. The van der Waals surface area contributed by atoms with Crippen LogP contribution < -0.4 is 5.32 Å². The van der Waals surface area contributed by atoms with Gasteiger partial charge in [-0.3, -0.25) is 4.90 Å². The molecule has 1 amide bonds. The Bertz CT molecular complexity index is 175. The molecule has 0 radical (unpaired) electrons. The molecular formula is C8H16N2O3. The number of nitrogens with zero attached hydrogens (tertiary/aromatic N) is 1. The minimum absolute atomic E-state index is 0.0622. The van der Waals surface area contributed by atoms with Crippen molar-refractivity contribution in [2.24, 2.45) is 0 Å². The molecule has 13 heavy (non-hydrogen) atoms. The van der Waals surface area contributed by atoms with Crippen molar-refractivity contribution in [1.29, 1.82) is 0 Å². The molecule has 0 aromatic carbocycles. The lowest BCUT2D eigenvalue weighted by Gasteiger charge is -2.32. The van der Waals surface area contributed by atoms with Crippen molar-refractivity contribution in [1.82, 2.24) is 10.2 Å². The van der Waals surface area contributed by atoms with E-state index < -0.39 is 0 Å². The highest BCUT2D eigenvalue weighted by molar-refractivity contribution is 5.67. The first kappa shape index (κ1) is 10.3. The van der Waals surface area contributed by atoms with E-state index in [0.717, 1.165) is 13.2 Å². The number of nitrogens with one attached hydrogen (secondary N) is 1. The summed E-state index contributed by atoms with van der Waals surface area (Å²) in [6.45, 7) is 4.24. The van der Waals surface area contributed by atoms with Crippen LogP contribution in [0.1, 0.15) is 6.92 Å². The first-order chi connectivity index (χ1) is 6.24. The second-order valence-corrected chi connectivity index (χ2v) is 2.94. The molecule has 1 atom stereocenters. The summed E-state index contributed by atoms with van der Waals surface area (Å²) in [6.07, 6.45) is -0.447. The number of carbonyl (C=O) groups excluding carboxylic acids is 1. The van der Waals surface area contributed by atoms with Crippen LogP contribution in [0.2, 0.25) is 0 Å². The third-order valence-electron chi connectivity index (χ3n) is 1.96. The number of ether oxygens (including phenoxy) is 2. The van der Waals surface area contributed by atoms with Gasteiger partial charge in [-0.15, -0.1) is 0 Å². The molecule has 5 nitrogen and oxygen atoms in total. The molecule has 1 heterocycles. The number of carbonyl (C=O) groups is 1. The molecule has 0 saturated carbocycles. The van der Waals surface area contributed by atoms with Crippen molar-refractivity contribution in [2.75, 3.05) is 33.4 Å². The maximum Gasteiger partial charge on any atom is 0.408 e. The quantitative estimate of drug-likeness (QED) is 0.663. The van der Waals surface area contributed by atoms with Crippen molar-refractivity contribution >= 4 is 6.09 Å². The van der Waals surface area contributed by atoms with Crippen LogP contribution in [-0.2, 0) is 9.47 Å². The van der Waals surface area contributed by atoms with Crippen LogP contribution in [0.15, 0.2) is 0 Å². The van der Waals surface area contributed by atoms with Crippen LogP contribution in [-0.4, -0.2) is 50.6 Å². The molecule has 0 bridgehead atoms. The van der Waals surface area contributed by atoms with Crippen molar-refractivity contribution < 1.29 is 14.3 Å². The molecular weight excluding hydrogens is 172 g/mol. The van der Waals surface area contributed by atoms with Crippen LogP contribution in [0.3, 0.4) is 0 Å². The van der Waals surface area contributed by atoms with E-state index in [4.69, 9.17) is 9.47 Å². The van der Waals surface area contributed by atoms with E-state index in [1.807, 2.05) is 11.9 Å². The Morgan fingerprint density at radius 3 is 3.15 bits per heavy atom. The molecule has 0 spiro atoms. The Balaban J connectivity index is 2.29. The highest BCUT2D eigenvalue weighted by Crippen LogP contribution is 2.00. The number of hydrogen-bond donors (Lipinski definition) is 1. The maximum atomic E-state index is 11.0. The molecule has 76 valence electrons. The summed E-state index contributed by atoms with van der Waals surface area (Å²) in [5.74, 6) is 0. The number of hydrogen-bond acceptors (Lipinski definition) is 4. The average molecular weight is 188 g/mol. The van der Waals surface area contributed by atoms with Gasteiger partial charge in [0.05, 0.1) is 19.8 Å². The topological polar surface area (TPSA) is 50.8 Å². The lowest BCUT2D eigenvalue weighted by molar-refractivity contribution is -0.00718. The van der Waals surface area contributed by atoms with E-state index in [2.05, 4.69) is 5.32 Å². The van der Waals surface area contributed by atoms with Gasteiger partial charge in [0, 0.05) is 6.54 Å². The van der Waals surface area contributed by atoms with E-state index in [9.17, 15) is 4.79 Å². The van der Waals surface area contributed by atoms with Gasteiger partial charge in [0.15, 0.2) is 0 Å². The summed E-state index contributed by atoms with van der Waals surface area (Å²) >= 11 is 0. The first-order valence-electron chi connectivity index (χ1n) is 4.45. The number of morpholine rings is 1. The van der Waals surface area contributed by atoms with E-state index in [1.54, 1.807) is 6.92 Å².